The van der Waals surface area contributed by atoms with E-state index in [9.17, 15) is 5.11 Å². The lowest BCUT2D eigenvalue weighted by atomic mass is 9.48. The van der Waals surface area contributed by atoms with E-state index in [2.05, 4.69) is 38.9 Å². The van der Waals surface area contributed by atoms with Crippen LogP contribution in [-0.4, -0.2) is 20.5 Å². The Morgan fingerprint density at radius 2 is 1.97 bits per heavy atom. The number of hydrogen-bond donors (Lipinski definition) is 1. The van der Waals surface area contributed by atoms with Gasteiger partial charge < -0.3 is 5.11 Å². The van der Waals surface area contributed by atoms with Gasteiger partial charge in [0.2, 0.25) is 0 Å². The summed E-state index contributed by atoms with van der Waals surface area (Å²) in [5, 5.41) is 24.2. The molecule has 0 bridgehead atoms. The van der Waals surface area contributed by atoms with E-state index in [1.165, 1.54) is 38.5 Å². The van der Waals surface area contributed by atoms with Crippen LogP contribution in [0.15, 0.2) is 12.4 Å². The third kappa shape index (κ3) is 3.56. The van der Waals surface area contributed by atoms with E-state index in [4.69, 9.17) is 5.26 Å². The average Bonchev–Trinajstić information content (AvgIpc) is 3.28. The summed E-state index contributed by atoms with van der Waals surface area (Å²) in [6.07, 6.45) is 13.7. The molecule has 10 atom stereocenters. The van der Waals surface area contributed by atoms with Crippen LogP contribution in [0.25, 0.3) is 0 Å². The van der Waals surface area contributed by atoms with Gasteiger partial charge in [-0.15, -0.1) is 0 Å². The molecule has 5 rings (SSSR count). The number of aromatic nitrogens is 2. The van der Waals surface area contributed by atoms with Gasteiger partial charge in [-0.1, -0.05) is 20.8 Å². The molecule has 1 N–H and O–H groups in total. The summed E-state index contributed by atoms with van der Waals surface area (Å²) in [5.41, 5.74) is 0.689. The first kappa shape index (κ1) is 21.5. The third-order valence-electron chi connectivity index (χ3n) is 10.5. The molecule has 4 nitrogen and oxygen atoms in total. The minimum Gasteiger partial charge on any atom is -0.390 e. The van der Waals surface area contributed by atoms with Crippen LogP contribution in [-0.2, 0) is 6.54 Å². The first-order valence-electron chi connectivity index (χ1n) is 12.9. The molecule has 0 amide bonds. The smallest absolute Gasteiger partial charge is 0.102 e. The first-order valence-corrected chi connectivity index (χ1v) is 12.9. The molecule has 31 heavy (non-hydrogen) atoms. The van der Waals surface area contributed by atoms with Crippen molar-refractivity contribution in [2.75, 3.05) is 0 Å². The molecule has 1 aromatic rings. The summed E-state index contributed by atoms with van der Waals surface area (Å²) in [6.45, 7) is 10.6. The zero-order valence-electron chi connectivity index (χ0n) is 19.9. The van der Waals surface area contributed by atoms with Crippen molar-refractivity contribution >= 4 is 0 Å². The summed E-state index contributed by atoms with van der Waals surface area (Å²) in [4.78, 5) is 0. The second-order valence-corrected chi connectivity index (χ2v) is 12.5. The van der Waals surface area contributed by atoms with E-state index < -0.39 is 5.60 Å². The van der Waals surface area contributed by atoms with Crippen LogP contribution in [0.5, 0.6) is 0 Å². The molecule has 0 saturated heterocycles. The Labute approximate surface area is 188 Å². The molecule has 170 valence electrons. The maximum Gasteiger partial charge on any atom is 0.102 e. The van der Waals surface area contributed by atoms with Crippen LogP contribution in [0.2, 0.25) is 0 Å². The minimum atomic E-state index is -0.420. The highest BCUT2D eigenvalue weighted by atomic mass is 16.3. The molecule has 1 heterocycles. The molecule has 4 aliphatic rings. The highest BCUT2D eigenvalue weighted by molar-refractivity contribution is 5.21. The molecule has 0 spiro atoms. The number of rotatable bonds is 3. The maximum absolute atomic E-state index is 10.7. The van der Waals surface area contributed by atoms with Crippen molar-refractivity contribution in [3.05, 3.63) is 18.0 Å². The van der Waals surface area contributed by atoms with Gasteiger partial charge in [0.25, 0.3) is 0 Å². The van der Waals surface area contributed by atoms with Gasteiger partial charge in [0.05, 0.1) is 17.4 Å². The summed E-state index contributed by atoms with van der Waals surface area (Å²) in [7, 11) is 0. The minimum absolute atomic E-state index is 0.420. The van der Waals surface area contributed by atoms with Crippen LogP contribution < -0.4 is 0 Å². The fourth-order valence-electron chi connectivity index (χ4n) is 9.50. The largest absolute Gasteiger partial charge is 0.390 e. The molecule has 0 aromatic carbocycles. The SMILES string of the molecule is C[C@@H]1C[C@H]([C@@H](C)Cn2cc(C#N)cn2)[C@@]2(C)CC[C@H]3[C@@H](CC[C@@H]4C[C@](C)(O)CC[C@@H]43)[C@H]12. The third-order valence-corrected chi connectivity index (χ3v) is 10.5. The van der Waals surface area contributed by atoms with E-state index in [0.717, 1.165) is 60.8 Å². The lowest BCUT2D eigenvalue weighted by Gasteiger charge is -2.58. The fourth-order valence-corrected chi connectivity index (χ4v) is 9.50. The Bertz CT molecular complexity index is 853. The van der Waals surface area contributed by atoms with Gasteiger partial charge in [-0.3, -0.25) is 4.68 Å². The number of fused-ring (bicyclic) bond motifs is 5. The Morgan fingerprint density at radius 3 is 2.71 bits per heavy atom. The van der Waals surface area contributed by atoms with E-state index >= 15 is 0 Å². The lowest BCUT2D eigenvalue weighted by Crippen LogP contribution is -2.51. The van der Waals surface area contributed by atoms with Gasteiger partial charge >= 0.3 is 0 Å². The van der Waals surface area contributed by atoms with Crippen molar-refractivity contribution in [1.82, 2.24) is 9.78 Å². The molecule has 4 heteroatoms. The van der Waals surface area contributed by atoms with Crippen molar-refractivity contribution < 1.29 is 5.11 Å². The van der Waals surface area contributed by atoms with Gasteiger partial charge in [-0.05, 0) is 111 Å². The van der Waals surface area contributed by atoms with Gasteiger partial charge in [0.15, 0.2) is 0 Å². The molecule has 0 radical (unpaired) electrons. The average molecular weight is 424 g/mol. The van der Waals surface area contributed by atoms with Crippen molar-refractivity contribution in [2.24, 2.45) is 52.8 Å². The number of nitrogens with zero attached hydrogens (tertiary/aromatic N) is 3. The second kappa shape index (κ2) is 7.62. The molecule has 4 saturated carbocycles. The summed E-state index contributed by atoms with van der Waals surface area (Å²) in [6, 6.07) is 2.21. The van der Waals surface area contributed by atoms with Crippen LogP contribution in [0.4, 0.5) is 0 Å². The van der Waals surface area contributed by atoms with Gasteiger partial charge in [0.1, 0.15) is 6.07 Å². The topological polar surface area (TPSA) is 61.8 Å². The number of nitriles is 1. The van der Waals surface area contributed by atoms with Crippen molar-refractivity contribution in [3.63, 3.8) is 0 Å². The lowest BCUT2D eigenvalue weighted by molar-refractivity contribution is -0.108. The monoisotopic (exact) mass is 423 g/mol. The Hall–Kier alpha value is -1.34. The van der Waals surface area contributed by atoms with E-state index in [1.54, 1.807) is 6.20 Å². The molecule has 0 unspecified atom stereocenters. The summed E-state index contributed by atoms with van der Waals surface area (Å²) in [5.74, 6) is 6.40. The predicted molar refractivity (Wildman–Crippen MR) is 122 cm³/mol. The molecular weight excluding hydrogens is 382 g/mol. The van der Waals surface area contributed by atoms with E-state index in [-0.39, 0.29) is 0 Å². The standard InChI is InChI=1S/C27H41N3O/c1-17-11-24(18(2)15-30-16-19(13-28)14-29-30)27(4)10-8-22-21-7-9-26(3,31)12-20(21)5-6-23(22)25(17)27/h14,16-18,20-25,31H,5-12,15H2,1-4H3/t17-,18+,20-,21+,22-,23-,24-,25+,26-,27-/m1/s1. The molecular formula is C27H41N3O. The van der Waals surface area contributed by atoms with Crippen LogP contribution in [0.1, 0.15) is 84.6 Å². The Balaban J connectivity index is 1.34. The second-order valence-electron chi connectivity index (χ2n) is 12.5. The fraction of sp³-hybridized carbons (Fsp3) is 0.852. The summed E-state index contributed by atoms with van der Waals surface area (Å²) < 4.78 is 2.00. The van der Waals surface area contributed by atoms with Gasteiger partial charge in [-0.25, -0.2) is 0 Å². The molecule has 4 fully saturated rings. The normalized spacial score (nSPS) is 47.7. The molecule has 1 aromatic heterocycles. The Morgan fingerprint density at radius 1 is 1.19 bits per heavy atom. The van der Waals surface area contributed by atoms with E-state index in [1.807, 2.05) is 10.9 Å². The summed E-state index contributed by atoms with van der Waals surface area (Å²) >= 11 is 0. The maximum atomic E-state index is 10.7. The highest BCUT2D eigenvalue weighted by Crippen LogP contribution is 2.67. The quantitative estimate of drug-likeness (QED) is 0.682. The van der Waals surface area contributed by atoms with Gasteiger partial charge in [0, 0.05) is 12.7 Å². The van der Waals surface area contributed by atoms with E-state index in [0.29, 0.717) is 16.9 Å². The van der Waals surface area contributed by atoms with Crippen LogP contribution >= 0.6 is 0 Å². The van der Waals surface area contributed by atoms with Crippen LogP contribution in [0, 0.1) is 64.1 Å². The van der Waals surface area contributed by atoms with Crippen molar-refractivity contribution in [1.29, 1.82) is 5.26 Å². The number of aliphatic hydroxyl groups is 1. The zero-order valence-corrected chi connectivity index (χ0v) is 19.9. The number of hydrogen-bond acceptors (Lipinski definition) is 3. The Kier molecular flexibility index (Phi) is 5.28. The molecule has 0 aliphatic heterocycles. The van der Waals surface area contributed by atoms with Crippen molar-refractivity contribution in [2.45, 2.75) is 91.2 Å². The first-order chi connectivity index (χ1) is 14.7. The molecule has 4 aliphatic carbocycles. The predicted octanol–water partition coefficient (Wildman–Crippen LogP) is 5.66. The van der Waals surface area contributed by atoms with Gasteiger partial charge in [-0.2, -0.15) is 10.4 Å². The van der Waals surface area contributed by atoms with Crippen LogP contribution in [0.3, 0.4) is 0 Å². The highest BCUT2D eigenvalue weighted by Gasteiger charge is 2.60. The zero-order chi connectivity index (χ0) is 22.0. The van der Waals surface area contributed by atoms with Crippen molar-refractivity contribution in [3.8, 4) is 6.07 Å².